The zero-order chi connectivity index (χ0) is 20.4. The Kier molecular flexibility index (Phi) is 5.25. The highest BCUT2D eigenvalue weighted by molar-refractivity contribution is 6.08. The maximum Gasteiger partial charge on any atom is 0.307 e. The molecule has 1 aromatic heterocycles. The zero-order valence-electron chi connectivity index (χ0n) is 16.4. The van der Waals surface area contributed by atoms with Crippen molar-refractivity contribution in [2.75, 3.05) is 12.4 Å². The highest BCUT2D eigenvalue weighted by Gasteiger charge is 2.22. The third kappa shape index (κ3) is 3.97. The second-order valence-corrected chi connectivity index (χ2v) is 7.24. The van der Waals surface area contributed by atoms with Gasteiger partial charge in [0.15, 0.2) is 6.10 Å². The number of amides is 1. The van der Waals surface area contributed by atoms with Gasteiger partial charge in [0.2, 0.25) is 0 Å². The van der Waals surface area contributed by atoms with E-state index in [1.807, 2.05) is 36.4 Å². The number of para-hydroxylation sites is 1. The normalized spacial score (nSPS) is 16.8. The fourth-order valence-corrected chi connectivity index (χ4v) is 3.63. The van der Waals surface area contributed by atoms with E-state index < -0.39 is 12.0 Å². The van der Waals surface area contributed by atoms with Crippen LogP contribution in [0.15, 0.2) is 53.0 Å². The first-order valence-electron chi connectivity index (χ1n) is 9.71. The summed E-state index contributed by atoms with van der Waals surface area (Å²) in [5.74, 6) is -0.0849. The standard InChI is InChI=1S/C23H23NO5/c1-14(28-22(25)11-15-7-3-4-8-15)23(26)24-18-13-20-17(12-21(18)27-2)16-9-5-6-10-19(16)29-20/h3,5-7,9-10,12-15H,4,8,11H2,1-2H3,(H,24,26)/t14-,15-/m0/s1. The number of hydrogen-bond acceptors (Lipinski definition) is 5. The topological polar surface area (TPSA) is 77.8 Å². The second-order valence-electron chi connectivity index (χ2n) is 7.24. The summed E-state index contributed by atoms with van der Waals surface area (Å²) in [5.41, 5.74) is 1.86. The first-order valence-corrected chi connectivity index (χ1v) is 9.71. The lowest BCUT2D eigenvalue weighted by Crippen LogP contribution is -2.30. The summed E-state index contributed by atoms with van der Waals surface area (Å²) >= 11 is 0. The molecule has 1 heterocycles. The van der Waals surface area contributed by atoms with E-state index >= 15 is 0 Å². The minimum atomic E-state index is -0.913. The molecule has 0 spiro atoms. The SMILES string of the molecule is COc1cc2c(cc1NC(=O)[C@H](C)OC(=O)C[C@H]1C=CCC1)oc1ccccc12. The van der Waals surface area contributed by atoms with Crippen LogP contribution in [0.1, 0.15) is 26.2 Å². The smallest absolute Gasteiger partial charge is 0.307 e. The van der Waals surface area contributed by atoms with Gasteiger partial charge in [-0.15, -0.1) is 0 Å². The Hall–Kier alpha value is -3.28. The molecule has 3 aromatic rings. The van der Waals surface area contributed by atoms with Crippen LogP contribution in [-0.2, 0) is 14.3 Å². The molecule has 2 aromatic carbocycles. The molecule has 0 aliphatic heterocycles. The zero-order valence-corrected chi connectivity index (χ0v) is 16.4. The second kappa shape index (κ2) is 7.99. The average molecular weight is 393 g/mol. The maximum absolute atomic E-state index is 12.6. The number of rotatable bonds is 6. The van der Waals surface area contributed by atoms with Crippen LogP contribution in [0.3, 0.4) is 0 Å². The molecule has 29 heavy (non-hydrogen) atoms. The molecule has 150 valence electrons. The fraction of sp³-hybridized carbons (Fsp3) is 0.304. The van der Waals surface area contributed by atoms with E-state index in [-0.39, 0.29) is 11.9 Å². The Morgan fingerprint density at radius 3 is 2.79 bits per heavy atom. The largest absolute Gasteiger partial charge is 0.495 e. The van der Waals surface area contributed by atoms with Crippen LogP contribution in [0.2, 0.25) is 0 Å². The van der Waals surface area contributed by atoms with E-state index in [2.05, 4.69) is 11.4 Å². The Bertz CT molecular complexity index is 1100. The summed E-state index contributed by atoms with van der Waals surface area (Å²) in [7, 11) is 1.54. The number of hydrogen-bond donors (Lipinski definition) is 1. The minimum Gasteiger partial charge on any atom is -0.495 e. The third-order valence-corrected chi connectivity index (χ3v) is 5.18. The molecule has 6 nitrogen and oxygen atoms in total. The molecule has 0 radical (unpaired) electrons. The van der Waals surface area contributed by atoms with Crippen molar-refractivity contribution in [2.45, 2.75) is 32.3 Å². The summed E-state index contributed by atoms with van der Waals surface area (Å²) in [6.45, 7) is 1.56. The van der Waals surface area contributed by atoms with E-state index in [4.69, 9.17) is 13.9 Å². The van der Waals surface area contributed by atoms with Crippen molar-refractivity contribution in [1.29, 1.82) is 0 Å². The minimum absolute atomic E-state index is 0.202. The van der Waals surface area contributed by atoms with Gasteiger partial charge in [0.1, 0.15) is 16.9 Å². The molecular weight excluding hydrogens is 370 g/mol. The number of carbonyl (C=O) groups excluding carboxylic acids is 2. The lowest BCUT2D eigenvalue weighted by Gasteiger charge is -2.16. The Morgan fingerprint density at radius 1 is 1.21 bits per heavy atom. The number of anilines is 1. The van der Waals surface area contributed by atoms with Crippen molar-refractivity contribution >= 4 is 39.5 Å². The summed E-state index contributed by atoms with van der Waals surface area (Å²) in [4.78, 5) is 24.7. The predicted molar refractivity (Wildman–Crippen MR) is 111 cm³/mol. The molecule has 6 heteroatoms. The van der Waals surface area contributed by atoms with Gasteiger partial charge in [-0.2, -0.15) is 0 Å². The van der Waals surface area contributed by atoms with Crippen molar-refractivity contribution in [1.82, 2.24) is 0 Å². The molecule has 4 rings (SSSR count). The lowest BCUT2D eigenvalue weighted by molar-refractivity contribution is -0.153. The van der Waals surface area contributed by atoms with E-state index in [1.54, 1.807) is 13.0 Å². The molecule has 2 atom stereocenters. The molecule has 0 fully saturated rings. The highest BCUT2D eigenvalue weighted by Crippen LogP contribution is 2.36. The van der Waals surface area contributed by atoms with Crippen LogP contribution in [0.25, 0.3) is 21.9 Å². The van der Waals surface area contributed by atoms with Crippen LogP contribution in [0.4, 0.5) is 5.69 Å². The van der Waals surface area contributed by atoms with Gasteiger partial charge in [0, 0.05) is 16.8 Å². The number of furan rings is 1. The first kappa shape index (κ1) is 19.1. The van der Waals surface area contributed by atoms with Gasteiger partial charge in [-0.05, 0) is 37.8 Å². The van der Waals surface area contributed by atoms with Crippen molar-refractivity contribution < 1.29 is 23.5 Å². The number of allylic oxidation sites excluding steroid dienone is 2. The number of carbonyl (C=O) groups is 2. The van der Waals surface area contributed by atoms with Gasteiger partial charge >= 0.3 is 5.97 Å². The van der Waals surface area contributed by atoms with Crippen molar-refractivity contribution in [3.8, 4) is 5.75 Å². The van der Waals surface area contributed by atoms with Crippen LogP contribution in [0, 0.1) is 5.92 Å². The molecule has 1 N–H and O–H groups in total. The van der Waals surface area contributed by atoms with Crippen LogP contribution in [-0.4, -0.2) is 25.1 Å². The molecule has 0 saturated heterocycles. The summed E-state index contributed by atoms with van der Waals surface area (Å²) in [5, 5.41) is 4.66. The van der Waals surface area contributed by atoms with E-state index in [1.165, 1.54) is 7.11 Å². The number of methoxy groups -OCH3 is 1. The number of esters is 1. The van der Waals surface area contributed by atoms with E-state index in [0.29, 0.717) is 23.4 Å². The number of fused-ring (bicyclic) bond motifs is 3. The molecule has 0 bridgehead atoms. The molecule has 1 aliphatic carbocycles. The Labute approximate surface area is 168 Å². The fourth-order valence-electron chi connectivity index (χ4n) is 3.63. The molecule has 1 amide bonds. The molecule has 1 aliphatic rings. The van der Waals surface area contributed by atoms with Gasteiger partial charge in [-0.25, -0.2) is 0 Å². The molecule has 0 unspecified atom stereocenters. The van der Waals surface area contributed by atoms with Crippen molar-refractivity contribution in [3.63, 3.8) is 0 Å². The van der Waals surface area contributed by atoms with Crippen molar-refractivity contribution in [3.05, 3.63) is 48.6 Å². The van der Waals surface area contributed by atoms with Gasteiger partial charge in [0.25, 0.3) is 5.91 Å². The van der Waals surface area contributed by atoms with E-state index in [0.717, 1.165) is 29.2 Å². The number of nitrogens with one attached hydrogen (secondary N) is 1. The molecular formula is C23H23NO5. The van der Waals surface area contributed by atoms with Gasteiger partial charge in [-0.3, -0.25) is 9.59 Å². The van der Waals surface area contributed by atoms with Crippen LogP contribution < -0.4 is 10.1 Å². The first-order chi connectivity index (χ1) is 14.0. The van der Waals surface area contributed by atoms with Gasteiger partial charge in [0.05, 0.1) is 19.2 Å². The maximum atomic E-state index is 12.6. The van der Waals surface area contributed by atoms with Crippen LogP contribution in [0.5, 0.6) is 5.75 Å². The summed E-state index contributed by atoms with van der Waals surface area (Å²) < 4.78 is 16.6. The molecule has 0 saturated carbocycles. The monoisotopic (exact) mass is 393 g/mol. The number of ether oxygens (including phenoxy) is 2. The van der Waals surface area contributed by atoms with E-state index in [9.17, 15) is 9.59 Å². The Morgan fingerprint density at radius 2 is 2.03 bits per heavy atom. The Balaban J connectivity index is 1.49. The van der Waals surface area contributed by atoms with Gasteiger partial charge in [-0.1, -0.05) is 30.4 Å². The summed E-state index contributed by atoms with van der Waals surface area (Å²) in [6, 6.07) is 11.3. The van der Waals surface area contributed by atoms with Gasteiger partial charge < -0.3 is 19.2 Å². The average Bonchev–Trinajstić information content (AvgIpc) is 3.34. The highest BCUT2D eigenvalue weighted by atomic mass is 16.5. The number of benzene rings is 2. The lowest BCUT2D eigenvalue weighted by atomic mass is 10.1. The summed E-state index contributed by atoms with van der Waals surface area (Å²) in [6.07, 6.45) is 5.41. The van der Waals surface area contributed by atoms with Crippen molar-refractivity contribution in [2.24, 2.45) is 5.92 Å². The predicted octanol–water partition coefficient (Wildman–Crippen LogP) is 4.82. The third-order valence-electron chi connectivity index (χ3n) is 5.18. The van der Waals surface area contributed by atoms with Crippen LogP contribution >= 0.6 is 0 Å². The quantitative estimate of drug-likeness (QED) is 0.480.